The fourth-order valence-corrected chi connectivity index (χ4v) is 4.40. The maximum Gasteiger partial charge on any atom is -0.0125 e. The Morgan fingerprint density at radius 1 is 0.857 bits per heavy atom. The van der Waals surface area contributed by atoms with Crippen molar-refractivity contribution in [2.24, 2.45) is 0 Å². The van der Waals surface area contributed by atoms with Crippen LogP contribution in [0.1, 0.15) is 62.8 Å². The van der Waals surface area contributed by atoms with Gasteiger partial charge in [-0.05, 0) is 97.9 Å². The minimum absolute atomic E-state index is 1.20. The van der Waals surface area contributed by atoms with Gasteiger partial charge in [-0.25, -0.2) is 0 Å². The largest absolute Gasteiger partial charge is 0.0984 e. The number of fused-ring (bicyclic) bond motifs is 1. The quantitative estimate of drug-likeness (QED) is 0.469. The molecule has 0 bridgehead atoms. The molecule has 2 aromatic carbocycles. The predicted octanol–water partition coefficient (Wildman–Crippen LogP) is 7.96. The first-order valence-electron chi connectivity index (χ1n) is 10.4. The fraction of sp³-hybridized carbons (Fsp3) is 0.286. The lowest BCUT2D eigenvalue weighted by atomic mass is 9.83. The second-order valence-electron chi connectivity index (χ2n) is 7.88. The minimum atomic E-state index is 1.20. The fourth-order valence-electron chi connectivity index (χ4n) is 4.40. The maximum atomic E-state index is 4.11. The van der Waals surface area contributed by atoms with Gasteiger partial charge in [-0.1, -0.05) is 72.8 Å². The molecule has 0 spiro atoms. The van der Waals surface area contributed by atoms with E-state index in [9.17, 15) is 0 Å². The highest BCUT2D eigenvalue weighted by Crippen LogP contribution is 2.37. The first kappa shape index (κ1) is 20.1. The maximum absolute atomic E-state index is 4.11. The molecule has 144 valence electrons. The third-order valence-corrected chi connectivity index (χ3v) is 5.79. The Labute approximate surface area is 171 Å². The van der Waals surface area contributed by atoms with Crippen molar-refractivity contribution in [3.05, 3.63) is 106 Å². The van der Waals surface area contributed by atoms with Crippen LogP contribution in [0.5, 0.6) is 0 Å². The van der Waals surface area contributed by atoms with Crippen LogP contribution in [-0.2, 0) is 12.8 Å². The van der Waals surface area contributed by atoms with Crippen molar-refractivity contribution in [1.29, 1.82) is 0 Å². The summed E-state index contributed by atoms with van der Waals surface area (Å²) in [6.45, 7) is 12.9. The molecular weight excluding hydrogens is 336 g/mol. The molecule has 0 heterocycles. The lowest BCUT2D eigenvalue weighted by Gasteiger charge is -2.21. The van der Waals surface area contributed by atoms with E-state index in [2.05, 4.69) is 88.9 Å². The molecule has 0 atom stereocenters. The van der Waals surface area contributed by atoms with Gasteiger partial charge in [-0.3, -0.25) is 0 Å². The lowest BCUT2D eigenvalue weighted by molar-refractivity contribution is 0.685. The molecule has 0 saturated heterocycles. The average Bonchev–Trinajstić information content (AvgIpc) is 2.72. The smallest absolute Gasteiger partial charge is 0.0125 e. The summed E-state index contributed by atoms with van der Waals surface area (Å²) in [4.78, 5) is 0. The molecule has 0 N–H and O–H groups in total. The number of allylic oxidation sites excluding steroid dienone is 7. The van der Waals surface area contributed by atoms with Gasteiger partial charge in [0, 0.05) is 0 Å². The van der Waals surface area contributed by atoms with Gasteiger partial charge in [0.25, 0.3) is 0 Å². The van der Waals surface area contributed by atoms with Crippen LogP contribution in [0, 0.1) is 0 Å². The highest BCUT2D eigenvalue weighted by molar-refractivity contribution is 5.91. The number of hydrogen-bond acceptors (Lipinski definition) is 0. The van der Waals surface area contributed by atoms with Gasteiger partial charge in [0.1, 0.15) is 0 Å². The standard InChI is InChI=1S/C28H32/c1-6-26(23-14-9-8-10-15-23)21(5)27(7-2)28(20(3)4)25-18-17-22-13-11-12-16-24(22)19-25/h6-10,14-15,17-19H,1,11-13,16H2,2-5H3/b26-21+,27-7-. The number of aryl methyl sites for hydroxylation is 2. The van der Waals surface area contributed by atoms with Gasteiger partial charge < -0.3 is 0 Å². The van der Waals surface area contributed by atoms with Crippen molar-refractivity contribution >= 4 is 11.1 Å². The molecule has 0 unspecified atom stereocenters. The van der Waals surface area contributed by atoms with Crippen molar-refractivity contribution in [1.82, 2.24) is 0 Å². The molecule has 28 heavy (non-hydrogen) atoms. The number of benzene rings is 2. The van der Waals surface area contributed by atoms with E-state index in [0.717, 1.165) is 0 Å². The van der Waals surface area contributed by atoms with Gasteiger partial charge in [0.2, 0.25) is 0 Å². The third kappa shape index (κ3) is 4.12. The average molecular weight is 369 g/mol. The van der Waals surface area contributed by atoms with E-state index >= 15 is 0 Å². The van der Waals surface area contributed by atoms with Crippen molar-refractivity contribution in [2.75, 3.05) is 0 Å². The van der Waals surface area contributed by atoms with E-state index in [-0.39, 0.29) is 0 Å². The van der Waals surface area contributed by atoms with Crippen LogP contribution in [-0.4, -0.2) is 0 Å². The van der Waals surface area contributed by atoms with Crippen LogP contribution in [0.15, 0.2) is 84.0 Å². The number of hydrogen-bond donors (Lipinski definition) is 0. The van der Waals surface area contributed by atoms with E-state index in [1.54, 1.807) is 0 Å². The summed E-state index contributed by atoms with van der Waals surface area (Å²) in [5.74, 6) is 0. The molecule has 0 fully saturated rings. The van der Waals surface area contributed by atoms with Gasteiger partial charge >= 0.3 is 0 Å². The molecule has 0 nitrogen and oxygen atoms in total. The van der Waals surface area contributed by atoms with Crippen LogP contribution >= 0.6 is 0 Å². The van der Waals surface area contributed by atoms with Crippen LogP contribution in [0.3, 0.4) is 0 Å². The van der Waals surface area contributed by atoms with E-state index in [0.29, 0.717) is 0 Å². The molecular formula is C28H32. The molecule has 2 aromatic rings. The zero-order valence-corrected chi connectivity index (χ0v) is 17.8. The van der Waals surface area contributed by atoms with Crippen LogP contribution in [0.4, 0.5) is 0 Å². The van der Waals surface area contributed by atoms with Crippen LogP contribution in [0.2, 0.25) is 0 Å². The van der Waals surface area contributed by atoms with Crippen molar-refractivity contribution in [2.45, 2.75) is 53.4 Å². The Kier molecular flexibility index (Phi) is 6.52. The molecule has 0 aliphatic heterocycles. The van der Waals surface area contributed by atoms with E-state index in [1.165, 1.54) is 75.8 Å². The number of rotatable bonds is 5. The summed E-state index contributed by atoms with van der Waals surface area (Å²) in [7, 11) is 0. The van der Waals surface area contributed by atoms with Gasteiger partial charge in [0.05, 0.1) is 0 Å². The van der Waals surface area contributed by atoms with E-state index < -0.39 is 0 Å². The predicted molar refractivity (Wildman–Crippen MR) is 124 cm³/mol. The van der Waals surface area contributed by atoms with E-state index in [1.807, 2.05) is 6.08 Å². The Balaban J connectivity index is 2.12. The van der Waals surface area contributed by atoms with Gasteiger partial charge in [-0.15, -0.1) is 0 Å². The Morgan fingerprint density at radius 3 is 2.14 bits per heavy atom. The summed E-state index contributed by atoms with van der Waals surface area (Å²) in [5.41, 5.74) is 12.1. The highest BCUT2D eigenvalue weighted by atomic mass is 14.2. The van der Waals surface area contributed by atoms with Crippen LogP contribution in [0.25, 0.3) is 11.1 Å². The summed E-state index contributed by atoms with van der Waals surface area (Å²) >= 11 is 0. The summed E-state index contributed by atoms with van der Waals surface area (Å²) in [6.07, 6.45) is 9.31. The zero-order chi connectivity index (χ0) is 20.1. The molecule has 1 aliphatic rings. The van der Waals surface area contributed by atoms with Crippen molar-refractivity contribution in [3.63, 3.8) is 0 Å². The monoisotopic (exact) mass is 368 g/mol. The van der Waals surface area contributed by atoms with Crippen LogP contribution < -0.4 is 0 Å². The summed E-state index contributed by atoms with van der Waals surface area (Å²) < 4.78 is 0. The van der Waals surface area contributed by atoms with Crippen molar-refractivity contribution < 1.29 is 0 Å². The minimum Gasteiger partial charge on any atom is -0.0984 e. The summed E-state index contributed by atoms with van der Waals surface area (Å²) in [6, 6.07) is 17.7. The highest BCUT2D eigenvalue weighted by Gasteiger charge is 2.17. The molecule has 0 aromatic heterocycles. The SMILES string of the molecule is C=C/C(=C(C)\C(=C\C)C(=C(C)C)c1ccc2c(c1)CCCC2)c1ccccc1. The first-order valence-corrected chi connectivity index (χ1v) is 10.4. The molecule has 1 aliphatic carbocycles. The molecule has 0 amide bonds. The van der Waals surface area contributed by atoms with Crippen molar-refractivity contribution in [3.8, 4) is 0 Å². The van der Waals surface area contributed by atoms with E-state index in [4.69, 9.17) is 0 Å². The summed E-state index contributed by atoms with van der Waals surface area (Å²) in [5, 5.41) is 0. The van der Waals surface area contributed by atoms with Gasteiger partial charge in [-0.2, -0.15) is 0 Å². The molecule has 0 heteroatoms. The first-order chi connectivity index (χ1) is 13.6. The topological polar surface area (TPSA) is 0 Å². The normalized spacial score (nSPS) is 14.8. The Bertz CT molecular complexity index is 945. The Hall–Kier alpha value is -2.60. The third-order valence-electron chi connectivity index (χ3n) is 5.79. The second kappa shape index (κ2) is 9.06. The van der Waals surface area contributed by atoms with Gasteiger partial charge in [0.15, 0.2) is 0 Å². The molecule has 3 rings (SSSR count). The lowest BCUT2D eigenvalue weighted by Crippen LogP contribution is -2.04. The zero-order valence-electron chi connectivity index (χ0n) is 17.8. The molecule has 0 radical (unpaired) electrons. The molecule has 0 saturated carbocycles. The Morgan fingerprint density at radius 2 is 1.54 bits per heavy atom. The second-order valence-corrected chi connectivity index (χ2v) is 7.88.